The first-order valence-corrected chi connectivity index (χ1v) is 8.95. The van der Waals surface area contributed by atoms with Crippen LogP contribution in [0.4, 0.5) is 0 Å². The number of oxime groups is 1. The van der Waals surface area contributed by atoms with Gasteiger partial charge in [-0.2, -0.15) is 5.26 Å². The van der Waals surface area contributed by atoms with Crippen molar-refractivity contribution in [3.05, 3.63) is 35.9 Å². The lowest BCUT2D eigenvalue weighted by molar-refractivity contribution is -0.134. The highest BCUT2D eigenvalue weighted by atomic mass is 16.6. The fourth-order valence-corrected chi connectivity index (χ4v) is 4.19. The van der Waals surface area contributed by atoms with E-state index >= 15 is 0 Å². The fraction of sp³-hybridized carbons (Fsp3) is 0.526. The number of carbonyl (C=O) groups is 1. The van der Waals surface area contributed by atoms with E-state index in [0.29, 0.717) is 13.2 Å². The molecule has 6 heteroatoms. The molecule has 3 aliphatic rings. The van der Waals surface area contributed by atoms with Crippen LogP contribution in [0.2, 0.25) is 0 Å². The summed E-state index contributed by atoms with van der Waals surface area (Å²) in [5, 5.41) is 16.9. The average molecular weight is 338 g/mol. The highest BCUT2D eigenvalue weighted by molar-refractivity contribution is 5.96. The largest absolute Gasteiger partial charge is 0.391 e. The van der Waals surface area contributed by atoms with E-state index in [0.717, 1.165) is 37.0 Å². The van der Waals surface area contributed by atoms with E-state index in [1.54, 1.807) is 4.90 Å². The van der Waals surface area contributed by atoms with Crippen molar-refractivity contribution in [2.24, 2.45) is 11.1 Å². The van der Waals surface area contributed by atoms with E-state index < -0.39 is 0 Å². The van der Waals surface area contributed by atoms with Gasteiger partial charge in [0.2, 0.25) is 5.91 Å². The van der Waals surface area contributed by atoms with Gasteiger partial charge in [-0.3, -0.25) is 10.1 Å². The molecule has 4 atom stereocenters. The molecule has 1 amide bonds. The van der Waals surface area contributed by atoms with Crippen molar-refractivity contribution in [1.29, 1.82) is 5.26 Å². The summed E-state index contributed by atoms with van der Waals surface area (Å²) in [5.74, 6) is 0.345. The summed E-state index contributed by atoms with van der Waals surface area (Å²) in [6.07, 6.45) is 3.44. The Hall–Kier alpha value is -2.39. The van der Waals surface area contributed by atoms with Gasteiger partial charge in [0.25, 0.3) is 0 Å². The number of hydrogen-bond donors (Lipinski definition) is 1. The second-order valence-corrected chi connectivity index (χ2v) is 7.06. The van der Waals surface area contributed by atoms with Crippen molar-refractivity contribution in [3.8, 4) is 6.07 Å². The Morgan fingerprint density at radius 2 is 2.24 bits per heavy atom. The van der Waals surface area contributed by atoms with Gasteiger partial charge >= 0.3 is 0 Å². The lowest BCUT2D eigenvalue weighted by atomic mass is 9.98. The molecule has 1 aromatic carbocycles. The van der Waals surface area contributed by atoms with Gasteiger partial charge in [-0.15, -0.1) is 0 Å². The molecule has 3 fully saturated rings. The topological polar surface area (TPSA) is 77.7 Å². The summed E-state index contributed by atoms with van der Waals surface area (Å²) in [6.45, 7) is 1.16. The lowest BCUT2D eigenvalue weighted by Crippen LogP contribution is -2.52. The summed E-state index contributed by atoms with van der Waals surface area (Å²) in [6, 6.07) is 11.9. The van der Waals surface area contributed by atoms with E-state index in [-0.39, 0.29) is 30.0 Å². The number of benzene rings is 1. The summed E-state index contributed by atoms with van der Waals surface area (Å²) >= 11 is 0. The standard InChI is InChI=1S/C19H22N4O2/c20-11-15-7-4-8-23(15)19(24)18-14-9-16(21-18)17(10-14)22-25-12-13-5-2-1-3-6-13/h1-3,5-6,14-16,18,21H,4,7-10,12H2/t14-,15-,16+,18-/m0/s1. The third kappa shape index (κ3) is 3.12. The Morgan fingerprint density at radius 3 is 2.96 bits per heavy atom. The number of fused-ring (bicyclic) bond motifs is 2. The van der Waals surface area contributed by atoms with E-state index in [4.69, 9.17) is 4.84 Å². The van der Waals surface area contributed by atoms with Crippen LogP contribution in [0.5, 0.6) is 0 Å². The van der Waals surface area contributed by atoms with Crippen LogP contribution >= 0.6 is 0 Å². The number of nitrogens with zero attached hydrogens (tertiary/aromatic N) is 3. The van der Waals surface area contributed by atoms with Crippen LogP contribution in [0, 0.1) is 17.2 Å². The maximum Gasteiger partial charge on any atom is 0.241 e. The molecule has 1 aliphatic carbocycles. The SMILES string of the molecule is N#C[C@@H]1CCCN1C(=O)[C@H]1N[C@@H]2C[C@H]1CC2=NOCc1ccccc1. The Morgan fingerprint density at radius 1 is 1.40 bits per heavy atom. The van der Waals surface area contributed by atoms with Gasteiger partial charge in [-0.05, 0) is 37.2 Å². The molecule has 1 aromatic rings. The number of rotatable bonds is 4. The molecule has 4 rings (SSSR count). The molecule has 6 nitrogen and oxygen atoms in total. The average Bonchev–Trinajstić information content (AvgIpc) is 3.37. The van der Waals surface area contributed by atoms with E-state index in [2.05, 4.69) is 16.5 Å². The predicted molar refractivity (Wildman–Crippen MR) is 92.4 cm³/mol. The molecule has 1 saturated carbocycles. The second kappa shape index (κ2) is 6.85. The molecule has 0 spiro atoms. The maximum absolute atomic E-state index is 12.8. The van der Waals surface area contributed by atoms with E-state index in [1.807, 2.05) is 30.3 Å². The van der Waals surface area contributed by atoms with Crippen LogP contribution in [0.25, 0.3) is 0 Å². The number of carbonyl (C=O) groups excluding carboxylic acids is 1. The van der Waals surface area contributed by atoms with Crippen molar-refractivity contribution < 1.29 is 9.63 Å². The third-order valence-corrected chi connectivity index (χ3v) is 5.47. The van der Waals surface area contributed by atoms with Crippen LogP contribution in [-0.4, -0.2) is 41.2 Å². The lowest BCUT2D eigenvalue weighted by Gasteiger charge is -2.29. The van der Waals surface area contributed by atoms with Gasteiger partial charge < -0.3 is 9.74 Å². The van der Waals surface area contributed by atoms with Crippen LogP contribution < -0.4 is 5.32 Å². The normalized spacial score (nSPS) is 32.1. The molecule has 2 saturated heterocycles. The van der Waals surface area contributed by atoms with Gasteiger partial charge in [0.05, 0.1) is 17.8 Å². The van der Waals surface area contributed by atoms with Gasteiger partial charge in [0.15, 0.2) is 0 Å². The zero-order chi connectivity index (χ0) is 17.2. The molecular weight excluding hydrogens is 316 g/mol. The monoisotopic (exact) mass is 338 g/mol. The van der Waals surface area contributed by atoms with Gasteiger partial charge in [0, 0.05) is 12.6 Å². The van der Waals surface area contributed by atoms with Crippen LogP contribution in [0.15, 0.2) is 35.5 Å². The molecule has 0 unspecified atom stereocenters. The summed E-state index contributed by atoms with van der Waals surface area (Å²) in [4.78, 5) is 20.0. The number of nitriles is 1. The molecule has 2 bridgehead atoms. The minimum atomic E-state index is -0.254. The van der Waals surface area contributed by atoms with Gasteiger partial charge in [-0.25, -0.2) is 0 Å². The quantitative estimate of drug-likeness (QED) is 0.850. The van der Waals surface area contributed by atoms with Crippen LogP contribution in [0.3, 0.4) is 0 Å². The predicted octanol–water partition coefficient (Wildman–Crippen LogP) is 1.82. The number of piperidine rings is 1. The molecule has 0 aromatic heterocycles. The van der Waals surface area contributed by atoms with Crippen molar-refractivity contribution in [1.82, 2.24) is 10.2 Å². The highest BCUT2D eigenvalue weighted by Gasteiger charge is 2.49. The third-order valence-electron chi connectivity index (χ3n) is 5.47. The highest BCUT2D eigenvalue weighted by Crippen LogP contribution is 2.35. The van der Waals surface area contributed by atoms with Crippen LogP contribution in [-0.2, 0) is 16.2 Å². The number of likely N-dealkylation sites (tertiary alicyclic amines) is 1. The maximum atomic E-state index is 12.8. The van der Waals surface area contributed by atoms with Gasteiger partial charge in [-0.1, -0.05) is 35.5 Å². The van der Waals surface area contributed by atoms with Crippen molar-refractivity contribution in [2.75, 3.05) is 6.54 Å². The second-order valence-electron chi connectivity index (χ2n) is 7.06. The zero-order valence-corrected chi connectivity index (χ0v) is 14.1. The molecule has 130 valence electrons. The minimum absolute atomic E-state index is 0.0841. The smallest absolute Gasteiger partial charge is 0.241 e. The van der Waals surface area contributed by atoms with E-state index in [9.17, 15) is 10.1 Å². The first-order chi connectivity index (χ1) is 12.3. The Labute approximate surface area is 147 Å². The first kappa shape index (κ1) is 16.1. The number of amides is 1. The summed E-state index contributed by atoms with van der Waals surface area (Å²) in [5.41, 5.74) is 2.09. The molecule has 1 N–H and O–H groups in total. The molecule has 2 aliphatic heterocycles. The fourth-order valence-electron chi connectivity index (χ4n) is 4.19. The number of hydrogen-bond acceptors (Lipinski definition) is 5. The Bertz CT molecular complexity index is 712. The molecule has 25 heavy (non-hydrogen) atoms. The van der Waals surface area contributed by atoms with Crippen LogP contribution in [0.1, 0.15) is 31.2 Å². The zero-order valence-electron chi connectivity index (χ0n) is 14.1. The number of nitrogens with one attached hydrogen (secondary N) is 1. The Kier molecular flexibility index (Phi) is 4.41. The first-order valence-electron chi connectivity index (χ1n) is 8.95. The van der Waals surface area contributed by atoms with Crippen molar-refractivity contribution >= 4 is 11.6 Å². The molecule has 2 heterocycles. The molecular formula is C19H22N4O2. The molecule has 0 radical (unpaired) electrons. The Balaban J connectivity index is 1.33. The van der Waals surface area contributed by atoms with Gasteiger partial charge in [0.1, 0.15) is 12.6 Å². The van der Waals surface area contributed by atoms with Crippen molar-refractivity contribution in [3.63, 3.8) is 0 Å². The summed E-state index contributed by atoms with van der Waals surface area (Å²) < 4.78 is 0. The summed E-state index contributed by atoms with van der Waals surface area (Å²) in [7, 11) is 0. The van der Waals surface area contributed by atoms with Crippen molar-refractivity contribution in [2.45, 2.75) is 50.4 Å². The van der Waals surface area contributed by atoms with E-state index in [1.165, 1.54) is 0 Å². The minimum Gasteiger partial charge on any atom is -0.391 e.